The van der Waals surface area contributed by atoms with E-state index in [2.05, 4.69) is 31.0 Å². The van der Waals surface area contributed by atoms with Crippen LogP contribution in [0, 0.1) is 0 Å². The number of benzene rings is 1. The molecule has 26 heavy (non-hydrogen) atoms. The van der Waals surface area contributed by atoms with Gasteiger partial charge in [-0.1, -0.05) is 29.4 Å². The second-order valence-electron chi connectivity index (χ2n) is 4.85. The number of hydrogen-bond acceptors (Lipinski definition) is 8. The molecule has 0 unspecified atom stereocenters. The molecule has 0 spiro atoms. The van der Waals surface area contributed by atoms with Crippen LogP contribution in [0.2, 0.25) is 5.02 Å². The number of carbonyl (C=O) groups is 1. The van der Waals surface area contributed by atoms with Gasteiger partial charge in [-0.2, -0.15) is 4.98 Å². The third-order valence-corrected chi connectivity index (χ3v) is 4.27. The SMILES string of the molecule is COc1ccnc(NNC(=O)CSc2nncn2-c2cccc(Cl)c2)n1. The minimum atomic E-state index is -0.276. The fraction of sp³-hybridized carbons (Fsp3) is 0.133. The number of amides is 1. The van der Waals surface area contributed by atoms with Crippen molar-refractivity contribution in [3.8, 4) is 11.6 Å². The summed E-state index contributed by atoms with van der Waals surface area (Å²) in [6.45, 7) is 0. The Labute approximate surface area is 158 Å². The first-order valence-electron chi connectivity index (χ1n) is 7.36. The molecule has 1 amide bonds. The van der Waals surface area contributed by atoms with Gasteiger partial charge in [-0.05, 0) is 18.2 Å². The Hall–Kier alpha value is -2.85. The van der Waals surface area contributed by atoms with Crippen molar-refractivity contribution >= 4 is 35.2 Å². The van der Waals surface area contributed by atoms with Gasteiger partial charge in [-0.25, -0.2) is 4.98 Å². The lowest BCUT2D eigenvalue weighted by Crippen LogP contribution is -2.31. The molecule has 2 heterocycles. The molecule has 0 aliphatic carbocycles. The van der Waals surface area contributed by atoms with Gasteiger partial charge >= 0.3 is 0 Å². The third kappa shape index (κ3) is 4.61. The van der Waals surface area contributed by atoms with Gasteiger partial charge in [0.05, 0.1) is 18.6 Å². The zero-order valence-corrected chi connectivity index (χ0v) is 15.2. The fourth-order valence-electron chi connectivity index (χ4n) is 1.93. The number of carbonyl (C=O) groups excluding carboxylic acids is 1. The molecule has 0 radical (unpaired) electrons. The molecule has 0 aliphatic rings. The van der Waals surface area contributed by atoms with Gasteiger partial charge in [0, 0.05) is 17.3 Å². The van der Waals surface area contributed by atoms with Crippen molar-refractivity contribution in [3.63, 3.8) is 0 Å². The first-order valence-corrected chi connectivity index (χ1v) is 8.73. The summed E-state index contributed by atoms with van der Waals surface area (Å²) in [5, 5.41) is 9.09. The van der Waals surface area contributed by atoms with Crippen molar-refractivity contribution in [2.45, 2.75) is 5.16 Å². The average Bonchev–Trinajstić information content (AvgIpc) is 3.13. The molecule has 2 aromatic heterocycles. The molecule has 0 atom stereocenters. The van der Waals surface area contributed by atoms with Crippen molar-refractivity contribution in [2.24, 2.45) is 0 Å². The number of thioether (sulfide) groups is 1. The van der Waals surface area contributed by atoms with Crippen LogP contribution in [-0.2, 0) is 4.79 Å². The fourth-order valence-corrected chi connectivity index (χ4v) is 2.85. The molecule has 3 aromatic rings. The normalized spacial score (nSPS) is 10.4. The molecular formula is C15H14ClN7O2S. The Bertz CT molecular complexity index is 905. The molecule has 9 nitrogen and oxygen atoms in total. The van der Waals surface area contributed by atoms with E-state index >= 15 is 0 Å². The topological polar surface area (TPSA) is 107 Å². The summed E-state index contributed by atoms with van der Waals surface area (Å²) in [5.74, 6) is 0.462. The van der Waals surface area contributed by atoms with E-state index in [1.54, 1.807) is 29.1 Å². The van der Waals surface area contributed by atoms with E-state index in [4.69, 9.17) is 16.3 Å². The third-order valence-electron chi connectivity index (χ3n) is 3.09. The number of hydrazine groups is 1. The number of aromatic nitrogens is 5. The minimum absolute atomic E-state index is 0.121. The Morgan fingerprint density at radius 2 is 2.27 bits per heavy atom. The lowest BCUT2D eigenvalue weighted by Gasteiger charge is -2.08. The summed E-state index contributed by atoms with van der Waals surface area (Å²) in [4.78, 5) is 20.0. The number of nitrogens with zero attached hydrogens (tertiary/aromatic N) is 5. The van der Waals surface area contributed by atoms with Crippen LogP contribution < -0.4 is 15.6 Å². The molecule has 0 aliphatic heterocycles. The minimum Gasteiger partial charge on any atom is -0.481 e. The summed E-state index contributed by atoms with van der Waals surface area (Å²) in [5.41, 5.74) is 5.95. The zero-order valence-electron chi connectivity index (χ0n) is 13.6. The van der Waals surface area contributed by atoms with Gasteiger partial charge in [-0.15, -0.1) is 10.2 Å². The van der Waals surface area contributed by atoms with E-state index in [0.717, 1.165) is 5.69 Å². The maximum Gasteiger partial charge on any atom is 0.248 e. The van der Waals surface area contributed by atoms with Crippen molar-refractivity contribution < 1.29 is 9.53 Å². The predicted octanol–water partition coefficient (Wildman–Crippen LogP) is 1.95. The number of hydrogen-bond donors (Lipinski definition) is 2. The van der Waals surface area contributed by atoms with Crippen molar-refractivity contribution in [1.82, 2.24) is 30.2 Å². The summed E-state index contributed by atoms with van der Waals surface area (Å²) >= 11 is 7.24. The van der Waals surface area contributed by atoms with Crippen molar-refractivity contribution in [1.29, 1.82) is 0 Å². The lowest BCUT2D eigenvalue weighted by atomic mass is 10.3. The zero-order chi connectivity index (χ0) is 18.4. The number of ether oxygens (including phenoxy) is 1. The molecule has 2 N–H and O–H groups in total. The molecule has 0 saturated heterocycles. The maximum atomic E-state index is 12.0. The van der Waals surface area contributed by atoms with Crippen LogP contribution in [0.4, 0.5) is 5.95 Å². The molecular weight excluding hydrogens is 378 g/mol. The van der Waals surface area contributed by atoms with Crippen LogP contribution in [0.15, 0.2) is 48.0 Å². The molecule has 3 rings (SSSR count). The molecule has 0 saturated carbocycles. The van der Waals surface area contributed by atoms with Crippen LogP contribution in [0.1, 0.15) is 0 Å². The smallest absolute Gasteiger partial charge is 0.248 e. The summed E-state index contributed by atoms with van der Waals surface area (Å²) in [7, 11) is 1.50. The maximum absolute atomic E-state index is 12.0. The first kappa shape index (κ1) is 18.0. The largest absolute Gasteiger partial charge is 0.481 e. The Morgan fingerprint density at radius 3 is 3.08 bits per heavy atom. The van der Waals surface area contributed by atoms with Gasteiger partial charge in [0.1, 0.15) is 6.33 Å². The van der Waals surface area contributed by atoms with Crippen molar-refractivity contribution in [3.05, 3.63) is 47.9 Å². The average molecular weight is 392 g/mol. The van der Waals surface area contributed by atoms with Gasteiger partial charge in [0.25, 0.3) is 0 Å². The molecule has 11 heteroatoms. The molecule has 0 bridgehead atoms. The Morgan fingerprint density at radius 1 is 1.38 bits per heavy atom. The highest BCUT2D eigenvalue weighted by molar-refractivity contribution is 7.99. The summed E-state index contributed by atoms with van der Waals surface area (Å²) < 4.78 is 6.74. The standard InChI is InChI=1S/C15H14ClN7O2S/c1-25-13-5-6-17-14(19-13)21-20-12(24)8-26-15-22-18-9-23(15)11-4-2-3-10(16)7-11/h2-7,9H,8H2,1H3,(H,20,24)(H,17,19,21). The van der Waals surface area contributed by atoms with Crippen LogP contribution in [0.25, 0.3) is 5.69 Å². The van der Waals surface area contributed by atoms with E-state index in [0.29, 0.717) is 16.1 Å². The highest BCUT2D eigenvalue weighted by atomic mass is 35.5. The molecule has 0 fully saturated rings. The van der Waals surface area contributed by atoms with Crippen LogP contribution >= 0.6 is 23.4 Å². The summed E-state index contributed by atoms with van der Waals surface area (Å²) in [6, 6.07) is 8.88. The van der Waals surface area contributed by atoms with Gasteiger partial charge in [0.15, 0.2) is 5.16 Å². The summed E-state index contributed by atoms with van der Waals surface area (Å²) in [6.07, 6.45) is 3.08. The van der Waals surface area contributed by atoms with E-state index in [1.165, 1.54) is 25.1 Å². The highest BCUT2D eigenvalue weighted by Crippen LogP contribution is 2.21. The van der Waals surface area contributed by atoms with Gasteiger partial charge < -0.3 is 4.74 Å². The number of nitrogens with one attached hydrogen (secondary N) is 2. The lowest BCUT2D eigenvalue weighted by molar-refractivity contribution is -0.118. The quantitative estimate of drug-likeness (QED) is 0.465. The molecule has 1 aromatic carbocycles. The predicted molar refractivity (Wildman–Crippen MR) is 97.4 cm³/mol. The van der Waals surface area contributed by atoms with Gasteiger partial charge in [-0.3, -0.25) is 20.2 Å². The monoisotopic (exact) mass is 391 g/mol. The van der Waals surface area contributed by atoms with Crippen LogP contribution in [0.5, 0.6) is 5.88 Å². The number of methoxy groups -OCH3 is 1. The van der Waals surface area contributed by atoms with E-state index in [9.17, 15) is 4.79 Å². The number of anilines is 1. The van der Waals surface area contributed by atoms with E-state index < -0.39 is 0 Å². The van der Waals surface area contributed by atoms with Crippen molar-refractivity contribution in [2.75, 3.05) is 18.3 Å². The molecule has 134 valence electrons. The number of rotatable bonds is 7. The Balaban J connectivity index is 1.56. The second-order valence-corrected chi connectivity index (χ2v) is 6.23. The van der Waals surface area contributed by atoms with Crippen LogP contribution in [-0.4, -0.2) is 43.5 Å². The van der Waals surface area contributed by atoms with E-state index in [1.807, 2.05) is 12.1 Å². The first-order chi connectivity index (χ1) is 12.7. The Kier molecular flexibility index (Phi) is 5.87. The van der Waals surface area contributed by atoms with Crippen LogP contribution in [0.3, 0.4) is 0 Å². The number of halogens is 1. The second kappa shape index (κ2) is 8.50. The van der Waals surface area contributed by atoms with E-state index in [-0.39, 0.29) is 17.6 Å². The van der Waals surface area contributed by atoms with Gasteiger partial charge in [0.2, 0.25) is 17.7 Å². The highest BCUT2D eigenvalue weighted by Gasteiger charge is 2.11.